The van der Waals surface area contributed by atoms with E-state index in [1.807, 2.05) is 0 Å². The van der Waals surface area contributed by atoms with Crippen molar-refractivity contribution in [2.45, 2.75) is 13.8 Å². The molecular formula is C20H16Cl3N5O3. The van der Waals surface area contributed by atoms with Crippen LogP contribution >= 0.6 is 34.8 Å². The van der Waals surface area contributed by atoms with E-state index >= 15 is 0 Å². The minimum absolute atomic E-state index is 0.00533. The van der Waals surface area contributed by atoms with Crippen molar-refractivity contribution in [2.75, 3.05) is 11.9 Å². The number of nitrogens with zero attached hydrogens (tertiary/aromatic N) is 3. The summed E-state index contributed by atoms with van der Waals surface area (Å²) in [7, 11) is 0. The zero-order chi connectivity index (χ0) is 22.7. The van der Waals surface area contributed by atoms with Crippen molar-refractivity contribution in [3.8, 4) is 5.82 Å². The van der Waals surface area contributed by atoms with Crippen LogP contribution in [0, 0.1) is 6.92 Å². The molecule has 3 rings (SSSR count). The number of carbonyl (C=O) groups is 3. The number of Topliss-reactive ketones (excluding diaryl/α,β-unsaturated/α-hetero) is 1. The fraction of sp³-hybridized carbons (Fsp3) is 0.150. The molecule has 0 atom stereocenters. The summed E-state index contributed by atoms with van der Waals surface area (Å²) >= 11 is 18.5. The number of aryl methyl sites for hydroxylation is 1. The highest BCUT2D eigenvalue weighted by molar-refractivity contribution is 6.38. The number of benzene rings is 1. The van der Waals surface area contributed by atoms with Gasteiger partial charge < -0.3 is 10.6 Å². The number of rotatable bonds is 6. The monoisotopic (exact) mass is 479 g/mol. The molecule has 8 nitrogen and oxygen atoms in total. The van der Waals surface area contributed by atoms with Crippen molar-refractivity contribution >= 4 is 58.1 Å². The first-order chi connectivity index (χ1) is 14.7. The van der Waals surface area contributed by atoms with Gasteiger partial charge in [-0.15, -0.1) is 0 Å². The van der Waals surface area contributed by atoms with E-state index in [4.69, 9.17) is 34.8 Å². The SMILES string of the molecule is CC(=O)CNC(=O)c1cc(Cl)cc(Cl)c1NC(=O)c1cc(C)nn1-c1ncccc1Cl. The number of anilines is 1. The first kappa shape index (κ1) is 22.7. The van der Waals surface area contributed by atoms with E-state index in [2.05, 4.69) is 20.7 Å². The summed E-state index contributed by atoms with van der Waals surface area (Å²) in [6, 6.07) is 7.55. The molecule has 160 valence electrons. The van der Waals surface area contributed by atoms with Crippen LogP contribution in [0.4, 0.5) is 5.69 Å². The van der Waals surface area contributed by atoms with E-state index in [1.165, 1.54) is 29.9 Å². The van der Waals surface area contributed by atoms with Crippen molar-refractivity contribution in [1.29, 1.82) is 0 Å². The number of carbonyl (C=O) groups excluding carboxylic acids is 3. The van der Waals surface area contributed by atoms with Gasteiger partial charge in [-0.2, -0.15) is 5.10 Å². The average molecular weight is 481 g/mol. The number of amides is 2. The zero-order valence-corrected chi connectivity index (χ0v) is 18.6. The molecule has 2 heterocycles. The third-order valence-corrected chi connectivity index (χ3v) is 4.85. The van der Waals surface area contributed by atoms with Crippen LogP contribution in [0.3, 0.4) is 0 Å². The number of hydrogen-bond donors (Lipinski definition) is 2. The highest BCUT2D eigenvalue weighted by atomic mass is 35.5. The highest BCUT2D eigenvalue weighted by Gasteiger charge is 2.22. The van der Waals surface area contributed by atoms with Gasteiger partial charge in [0.15, 0.2) is 5.82 Å². The molecule has 11 heteroatoms. The predicted molar refractivity (Wildman–Crippen MR) is 119 cm³/mol. The van der Waals surface area contributed by atoms with Crippen LogP contribution in [0.25, 0.3) is 5.82 Å². The van der Waals surface area contributed by atoms with Gasteiger partial charge in [0, 0.05) is 11.2 Å². The standard InChI is InChI=1S/C20H16Cl3N5O3/c1-10-6-16(28(27-10)18-14(22)4-3-5-24-18)20(31)26-17-13(7-12(21)8-15(17)23)19(30)25-9-11(2)29/h3-8H,9H2,1-2H3,(H,25,30)(H,26,31). The Kier molecular flexibility index (Phi) is 6.94. The van der Waals surface area contributed by atoms with Gasteiger partial charge in [0.05, 0.1) is 33.5 Å². The van der Waals surface area contributed by atoms with Crippen LogP contribution in [-0.2, 0) is 4.79 Å². The third-order valence-electron chi connectivity index (χ3n) is 4.04. The lowest BCUT2D eigenvalue weighted by molar-refractivity contribution is -0.116. The van der Waals surface area contributed by atoms with Crippen LogP contribution in [0.1, 0.15) is 33.5 Å². The second kappa shape index (κ2) is 9.47. The number of hydrogen-bond acceptors (Lipinski definition) is 5. The van der Waals surface area contributed by atoms with Crippen LogP contribution in [0.15, 0.2) is 36.5 Å². The zero-order valence-electron chi connectivity index (χ0n) is 16.4. The molecule has 2 aromatic heterocycles. The van der Waals surface area contributed by atoms with Crippen molar-refractivity contribution < 1.29 is 14.4 Å². The largest absolute Gasteiger partial charge is 0.345 e. The molecular weight excluding hydrogens is 465 g/mol. The van der Waals surface area contributed by atoms with Crippen molar-refractivity contribution in [2.24, 2.45) is 0 Å². The number of aromatic nitrogens is 3. The molecule has 0 spiro atoms. The molecule has 31 heavy (non-hydrogen) atoms. The van der Waals surface area contributed by atoms with Gasteiger partial charge in [-0.05, 0) is 44.2 Å². The molecule has 0 radical (unpaired) electrons. The molecule has 0 aliphatic carbocycles. The highest BCUT2D eigenvalue weighted by Crippen LogP contribution is 2.31. The summed E-state index contributed by atoms with van der Waals surface area (Å²) in [5.41, 5.74) is 0.716. The number of pyridine rings is 1. The average Bonchev–Trinajstić information content (AvgIpc) is 3.09. The molecule has 0 unspecified atom stereocenters. The Bertz CT molecular complexity index is 1190. The lowest BCUT2D eigenvalue weighted by Gasteiger charge is -2.14. The lowest BCUT2D eigenvalue weighted by atomic mass is 10.1. The lowest BCUT2D eigenvalue weighted by Crippen LogP contribution is -2.29. The van der Waals surface area contributed by atoms with Gasteiger partial charge in [0.2, 0.25) is 0 Å². The van der Waals surface area contributed by atoms with Crippen LogP contribution in [0.2, 0.25) is 15.1 Å². The number of halogens is 3. The summed E-state index contributed by atoms with van der Waals surface area (Å²) in [6.45, 7) is 2.86. The Morgan fingerprint density at radius 3 is 2.48 bits per heavy atom. The fourth-order valence-corrected chi connectivity index (χ4v) is 3.46. The maximum absolute atomic E-state index is 13.1. The summed E-state index contributed by atoms with van der Waals surface area (Å²) in [6.07, 6.45) is 1.52. The second-order valence-electron chi connectivity index (χ2n) is 6.54. The first-order valence-electron chi connectivity index (χ1n) is 8.93. The Balaban J connectivity index is 1.99. The summed E-state index contributed by atoms with van der Waals surface area (Å²) in [4.78, 5) is 41.0. The van der Waals surface area contributed by atoms with E-state index in [0.717, 1.165) is 0 Å². The van der Waals surface area contributed by atoms with Gasteiger partial charge in [0.25, 0.3) is 11.8 Å². The Hall–Kier alpha value is -2.94. The molecule has 2 amide bonds. The van der Waals surface area contributed by atoms with E-state index in [-0.39, 0.29) is 45.1 Å². The van der Waals surface area contributed by atoms with Gasteiger partial charge in [-0.1, -0.05) is 34.8 Å². The number of ketones is 1. The maximum Gasteiger partial charge on any atom is 0.274 e. The van der Waals surface area contributed by atoms with Crippen molar-refractivity contribution in [1.82, 2.24) is 20.1 Å². The predicted octanol–water partition coefficient (Wildman–Crippen LogP) is 4.11. The van der Waals surface area contributed by atoms with E-state index < -0.39 is 11.8 Å². The molecule has 0 aliphatic heterocycles. The van der Waals surface area contributed by atoms with Gasteiger partial charge in [0.1, 0.15) is 11.5 Å². The van der Waals surface area contributed by atoms with Crippen molar-refractivity contribution in [3.05, 3.63) is 68.5 Å². The van der Waals surface area contributed by atoms with Crippen LogP contribution in [0.5, 0.6) is 0 Å². The second-order valence-corrected chi connectivity index (χ2v) is 7.79. The third kappa shape index (κ3) is 5.22. The smallest absolute Gasteiger partial charge is 0.274 e. The van der Waals surface area contributed by atoms with Gasteiger partial charge in [-0.3, -0.25) is 14.4 Å². The first-order valence-corrected chi connectivity index (χ1v) is 10.1. The normalized spacial score (nSPS) is 10.6. The van der Waals surface area contributed by atoms with E-state index in [1.54, 1.807) is 25.1 Å². The van der Waals surface area contributed by atoms with Crippen LogP contribution < -0.4 is 10.6 Å². The molecule has 3 aromatic rings. The summed E-state index contributed by atoms with van der Waals surface area (Å²) in [5, 5.41) is 9.91. The Morgan fingerprint density at radius 2 is 1.81 bits per heavy atom. The number of nitrogens with one attached hydrogen (secondary N) is 2. The minimum atomic E-state index is -0.618. The van der Waals surface area contributed by atoms with Gasteiger partial charge in [-0.25, -0.2) is 9.67 Å². The molecule has 0 aliphatic rings. The van der Waals surface area contributed by atoms with E-state index in [9.17, 15) is 14.4 Å². The maximum atomic E-state index is 13.1. The summed E-state index contributed by atoms with van der Waals surface area (Å²) < 4.78 is 1.30. The van der Waals surface area contributed by atoms with Crippen LogP contribution in [-0.4, -0.2) is 38.9 Å². The topological polar surface area (TPSA) is 106 Å². The molecule has 0 fully saturated rings. The molecule has 0 saturated carbocycles. The molecule has 0 bridgehead atoms. The fourth-order valence-electron chi connectivity index (χ4n) is 2.71. The molecule has 2 N–H and O–H groups in total. The Labute approximate surface area is 192 Å². The quantitative estimate of drug-likeness (QED) is 0.552. The molecule has 1 aromatic carbocycles. The van der Waals surface area contributed by atoms with Gasteiger partial charge >= 0.3 is 0 Å². The Morgan fingerprint density at radius 1 is 1.06 bits per heavy atom. The molecule has 0 saturated heterocycles. The summed E-state index contributed by atoms with van der Waals surface area (Å²) in [5.74, 6) is -1.19. The van der Waals surface area contributed by atoms with Crippen molar-refractivity contribution in [3.63, 3.8) is 0 Å². The minimum Gasteiger partial charge on any atom is -0.345 e. The van der Waals surface area contributed by atoms with E-state index in [0.29, 0.717) is 10.7 Å².